The van der Waals surface area contributed by atoms with Crippen LogP contribution in [0.15, 0.2) is 30.3 Å². The number of fused-ring (bicyclic) bond motifs is 2. The van der Waals surface area contributed by atoms with Crippen LogP contribution in [0, 0.1) is 29.1 Å². The number of benzene rings is 1. The molecule has 1 saturated heterocycles. The van der Waals surface area contributed by atoms with Crippen LogP contribution < -0.4 is 4.90 Å². The molecule has 1 aromatic rings. The predicted octanol–water partition coefficient (Wildman–Crippen LogP) is 2.43. The standard InChI is InChI=1S/C18H19NO3/c1-18(2)9-10-8-12(20)15(18)14-13(10)16(21)19(17(14)22)11-6-4-3-5-7-11/h3-7,10,13-15H,8-9H2,1-2H3/t10-,13-,14-,15-/m1/s1. The zero-order chi connectivity index (χ0) is 15.6. The zero-order valence-electron chi connectivity index (χ0n) is 12.8. The molecule has 1 aliphatic heterocycles. The van der Waals surface area contributed by atoms with Gasteiger partial charge in [0.15, 0.2) is 0 Å². The first kappa shape index (κ1) is 13.7. The third-order valence-corrected chi connectivity index (χ3v) is 5.72. The minimum Gasteiger partial charge on any atom is -0.299 e. The lowest BCUT2D eigenvalue weighted by atomic mass is 9.49. The Bertz CT molecular complexity index is 679. The number of carbonyl (C=O) groups excluding carboxylic acids is 3. The number of hydrogen-bond donors (Lipinski definition) is 0. The maximum Gasteiger partial charge on any atom is 0.238 e. The molecule has 22 heavy (non-hydrogen) atoms. The van der Waals surface area contributed by atoms with Crippen molar-refractivity contribution < 1.29 is 14.4 Å². The van der Waals surface area contributed by atoms with E-state index in [2.05, 4.69) is 13.8 Å². The minimum atomic E-state index is -0.456. The molecule has 3 aliphatic carbocycles. The maximum absolute atomic E-state index is 12.9. The number of anilines is 1. The summed E-state index contributed by atoms with van der Waals surface area (Å²) in [6.45, 7) is 4.11. The number of nitrogens with zero attached hydrogens (tertiary/aromatic N) is 1. The van der Waals surface area contributed by atoms with Gasteiger partial charge in [-0.15, -0.1) is 0 Å². The summed E-state index contributed by atoms with van der Waals surface area (Å²) in [5.74, 6) is -1.18. The average Bonchev–Trinajstić information content (AvgIpc) is 2.71. The van der Waals surface area contributed by atoms with Gasteiger partial charge >= 0.3 is 0 Å². The number of Topliss-reactive ketones (excluding diaryl/α,β-unsaturated/α-hetero) is 1. The first-order chi connectivity index (χ1) is 10.4. The van der Waals surface area contributed by atoms with Crippen LogP contribution in [-0.4, -0.2) is 17.6 Å². The lowest BCUT2D eigenvalue weighted by molar-refractivity contribution is -0.155. The van der Waals surface area contributed by atoms with Gasteiger partial charge in [-0.25, -0.2) is 0 Å². The van der Waals surface area contributed by atoms with Crippen molar-refractivity contribution in [3.8, 4) is 0 Å². The molecule has 114 valence electrons. The van der Waals surface area contributed by atoms with Crippen molar-refractivity contribution in [2.45, 2.75) is 26.7 Å². The second-order valence-electron chi connectivity index (χ2n) is 7.50. The van der Waals surface area contributed by atoms with E-state index < -0.39 is 5.92 Å². The lowest BCUT2D eigenvalue weighted by Gasteiger charge is -2.51. The van der Waals surface area contributed by atoms with E-state index in [1.807, 2.05) is 18.2 Å². The Morgan fingerprint density at radius 3 is 2.27 bits per heavy atom. The summed E-state index contributed by atoms with van der Waals surface area (Å²) in [4.78, 5) is 39.5. The molecule has 2 amide bonds. The highest BCUT2D eigenvalue weighted by Gasteiger charge is 2.65. The number of amides is 2. The van der Waals surface area contributed by atoms with Crippen molar-refractivity contribution >= 4 is 23.3 Å². The molecule has 5 rings (SSSR count). The van der Waals surface area contributed by atoms with Gasteiger partial charge in [0.25, 0.3) is 0 Å². The van der Waals surface area contributed by atoms with E-state index in [1.165, 1.54) is 4.90 Å². The van der Waals surface area contributed by atoms with Crippen molar-refractivity contribution in [3.63, 3.8) is 0 Å². The number of hydrogen-bond acceptors (Lipinski definition) is 3. The second kappa shape index (κ2) is 4.28. The van der Waals surface area contributed by atoms with Crippen LogP contribution in [0.4, 0.5) is 5.69 Å². The van der Waals surface area contributed by atoms with Crippen LogP contribution in [0.1, 0.15) is 26.7 Å². The second-order valence-corrected chi connectivity index (χ2v) is 7.50. The maximum atomic E-state index is 12.9. The molecule has 0 radical (unpaired) electrons. The molecule has 4 aliphatic rings. The molecule has 4 fully saturated rings. The highest BCUT2D eigenvalue weighted by atomic mass is 16.2. The van der Waals surface area contributed by atoms with E-state index in [0.717, 1.165) is 6.42 Å². The SMILES string of the molecule is CC1(C)C[C@H]2CC(=O)[C@@H]1[C@@H]1C(=O)N(c3ccccc3)C(=O)[C@H]21. The summed E-state index contributed by atoms with van der Waals surface area (Å²) >= 11 is 0. The Kier molecular flexibility index (Phi) is 2.66. The smallest absolute Gasteiger partial charge is 0.238 e. The Balaban J connectivity index is 1.80. The topological polar surface area (TPSA) is 54.5 Å². The predicted molar refractivity (Wildman–Crippen MR) is 80.9 cm³/mol. The highest BCUT2D eigenvalue weighted by Crippen LogP contribution is 2.59. The molecule has 0 unspecified atom stereocenters. The van der Waals surface area contributed by atoms with E-state index in [0.29, 0.717) is 12.1 Å². The fraction of sp³-hybridized carbons (Fsp3) is 0.500. The summed E-state index contributed by atoms with van der Waals surface area (Å²) in [7, 11) is 0. The fourth-order valence-corrected chi connectivity index (χ4v) is 5.03. The third-order valence-electron chi connectivity index (χ3n) is 5.72. The fourth-order valence-electron chi connectivity index (χ4n) is 5.03. The summed E-state index contributed by atoms with van der Waals surface area (Å²) in [6, 6.07) is 9.06. The van der Waals surface area contributed by atoms with E-state index in [-0.39, 0.29) is 40.8 Å². The minimum absolute atomic E-state index is 0.0164. The number of imide groups is 1. The van der Waals surface area contributed by atoms with Gasteiger partial charge in [0.1, 0.15) is 5.78 Å². The van der Waals surface area contributed by atoms with Crippen LogP contribution in [0.3, 0.4) is 0 Å². The van der Waals surface area contributed by atoms with Gasteiger partial charge in [-0.05, 0) is 29.9 Å². The van der Waals surface area contributed by atoms with Gasteiger partial charge < -0.3 is 0 Å². The van der Waals surface area contributed by atoms with Gasteiger partial charge in [-0.3, -0.25) is 19.3 Å². The Morgan fingerprint density at radius 1 is 1.00 bits per heavy atom. The lowest BCUT2D eigenvalue weighted by Crippen LogP contribution is -2.55. The largest absolute Gasteiger partial charge is 0.299 e. The monoisotopic (exact) mass is 297 g/mol. The molecule has 1 heterocycles. The highest BCUT2D eigenvalue weighted by molar-refractivity contribution is 6.23. The number of ketones is 1. The Morgan fingerprint density at radius 2 is 1.64 bits per heavy atom. The van der Waals surface area contributed by atoms with Crippen LogP contribution in [0.5, 0.6) is 0 Å². The molecule has 2 bridgehead atoms. The summed E-state index contributed by atoms with van der Waals surface area (Å²) in [5.41, 5.74) is 0.431. The van der Waals surface area contributed by atoms with Crippen molar-refractivity contribution in [2.75, 3.05) is 4.90 Å². The number of para-hydroxylation sites is 1. The molecule has 3 saturated carbocycles. The van der Waals surface area contributed by atoms with Crippen molar-refractivity contribution in [1.82, 2.24) is 0 Å². The van der Waals surface area contributed by atoms with E-state index >= 15 is 0 Å². The van der Waals surface area contributed by atoms with Gasteiger partial charge in [0.05, 0.1) is 17.5 Å². The van der Waals surface area contributed by atoms with Gasteiger partial charge in [-0.2, -0.15) is 0 Å². The summed E-state index contributed by atoms with van der Waals surface area (Å²) in [5, 5.41) is 0. The average molecular weight is 297 g/mol. The third kappa shape index (κ3) is 1.61. The number of rotatable bonds is 1. The summed E-state index contributed by atoms with van der Waals surface area (Å²) < 4.78 is 0. The normalized spacial score (nSPS) is 35.9. The van der Waals surface area contributed by atoms with E-state index in [1.54, 1.807) is 12.1 Å². The van der Waals surface area contributed by atoms with Crippen molar-refractivity contribution in [2.24, 2.45) is 29.1 Å². The first-order valence-electron chi connectivity index (χ1n) is 7.87. The van der Waals surface area contributed by atoms with Crippen molar-refractivity contribution in [3.05, 3.63) is 30.3 Å². The molecular formula is C18H19NO3. The van der Waals surface area contributed by atoms with Crippen LogP contribution in [-0.2, 0) is 14.4 Å². The molecule has 4 nitrogen and oxygen atoms in total. The molecular weight excluding hydrogens is 278 g/mol. The number of carbonyl (C=O) groups is 3. The van der Waals surface area contributed by atoms with Crippen molar-refractivity contribution in [1.29, 1.82) is 0 Å². The first-order valence-corrected chi connectivity index (χ1v) is 7.87. The van der Waals surface area contributed by atoms with Crippen LogP contribution in [0.2, 0.25) is 0 Å². The van der Waals surface area contributed by atoms with E-state index in [9.17, 15) is 14.4 Å². The molecule has 0 N–H and O–H groups in total. The molecule has 0 spiro atoms. The Labute approximate surface area is 129 Å². The summed E-state index contributed by atoms with van der Waals surface area (Å²) in [6.07, 6.45) is 1.31. The quantitative estimate of drug-likeness (QED) is 0.748. The zero-order valence-corrected chi connectivity index (χ0v) is 12.8. The van der Waals surface area contributed by atoms with Gasteiger partial charge in [0.2, 0.25) is 11.8 Å². The molecule has 0 aromatic heterocycles. The molecule has 1 aromatic carbocycles. The van der Waals surface area contributed by atoms with Crippen LogP contribution >= 0.6 is 0 Å². The molecule has 4 heteroatoms. The van der Waals surface area contributed by atoms with Crippen LogP contribution in [0.25, 0.3) is 0 Å². The van der Waals surface area contributed by atoms with E-state index in [4.69, 9.17) is 0 Å². The van der Waals surface area contributed by atoms with Gasteiger partial charge in [-0.1, -0.05) is 32.0 Å². The molecule has 4 atom stereocenters. The van der Waals surface area contributed by atoms with Gasteiger partial charge in [0, 0.05) is 12.3 Å². The Hall–Kier alpha value is -1.97.